The van der Waals surface area contributed by atoms with Crippen LogP contribution in [0.2, 0.25) is 10.0 Å². The Labute approximate surface area is 247 Å². The lowest BCUT2D eigenvalue weighted by Gasteiger charge is -2.32. The average molecular weight is 605 g/mol. The van der Waals surface area contributed by atoms with Gasteiger partial charge in [0, 0.05) is 17.6 Å². The summed E-state index contributed by atoms with van der Waals surface area (Å²) >= 11 is 12.7. The smallest absolute Gasteiger partial charge is 0.264 e. The van der Waals surface area contributed by atoms with Gasteiger partial charge in [0.1, 0.15) is 12.6 Å². The number of rotatable bonds is 12. The Morgan fingerprint density at radius 2 is 1.60 bits per heavy atom. The van der Waals surface area contributed by atoms with Gasteiger partial charge in [0.05, 0.1) is 15.6 Å². The maximum Gasteiger partial charge on any atom is 0.264 e. The highest BCUT2D eigenvalue weighted by Gasteiger charge is 2.33. The van der Waals surface area contributed by atoms with Crippen molar-refractivity contribution in [1.82, 2.24) is 10.2 Å². The molecule has 0 aliphatic carbocycles. The molecule has 0 heterocycles. The number of hydrogen-bond donors (Lipinski definition) is 1. The van der Waals surface area contributed by atoms with Crippen LogP contribution in [0.5, 0.6) is 0 Å². The second-order valence-electron chi connectivity index (χ2n) is 9.74. The molecule has 0 radical (unpaired) electrons. The number of carbonyl (C=O) groups excluding carboxylic acids is 2. The number of halogens is 2. The van der Waals surface area contributed by atoms with Crippen molar-refractivity contribution in [2.75, 3.05) is 17.4 Å². The zero-order valence-electron chi connectivity index (χ0n) is 23.1. The molecule has 0 aliphatic rings. The van der Waals surface area contributed by atoms with E-state index >= 15 is 0 Å². The molecule has 0 saturated heterocycles. The molecule has 0 spiro atoms. The van der Waals surface area contributed by atoms with Gasteiger partial charge in [-0.3, -0.25) is 13.9 Å². The van der Waals surface area contributed by atoms with Gasteiger partial charge in [-0.25, -0.2) is 8.42 Å². The average Bonchev–Trinajstić information content (AvgIpc) is 2.93. The summed E-state index contributed by atoms with van der Waals surface area (Å²) in [6.07, 6.45) is 1.21. The standard InChI is InChI=1S/C30H35Cl2N3O4S/c1-5-22(3)33-30(37)23(4)34(18-17-24-9-7-6-8-10-24)29(36)20-35(28-19-25(31)13-16-27(28)32)40(38,39)26-14-11-21(2)12-15-26/h6-16,19,22-23H,5,17-18,20H2,1-4H3,(H,33,37)/t22-,23+/m0/s1. The van der Waals surface area contributed by atoms with Gasteiger partial charge < -0.3 is 10.2 Å². The van der Waals surface area contributed by atoms with Crippen molar-refractivity contribution >= 4 is 50.7 Å². The summed E-state index contributed by atoms with van der Waals surface area (Å²) in [5, 5.41) is 3.30. The van der Waals surface area contributed by atoms with Gasteiger partial charge in [0.25, 0.3) is 10.0 Å². The lowest BCUT2D eigenvalue weighted by Crippen LogP contribution is -2.53. The van der Waals surface area contributed by atoms with E-state index in [4.69, 9.17) is 23.2 Å². The highest BCUT2D eigenvalue weighted by Crippen LogP contribution is 2.33. The van der Waals surface area contributed by atoms with Crippen LogP contribution in [0.15, 0.2) is 77.7 Å². The molecule has 0 fully saturated rings. The molecule has 2 atom stereocenters. The first-order valence-electron chi connectivity index (χ1n) is 13.1. The van der Waals surface area contributed by atoms with E-state index < -0.39 is 28.5 Å². The van der Waals surface area contributed by atoms with Crippen LogP contribution in [-0.4, -0.2) is 50.3 Å². The minimum absolute atomic E-state index is 0.000315. The molecule has 40 heavy (non-hydrogen) atoms. The van der Waals surface area contributed by atoms with E-state index in [9.17, 15) is 18.0 Å². The van der Waals surface area contributed by atoms with Crippen molar-refractivity contribution < 1.29 is 18.0 Å². The summed E-state index contributed by atoms with van der Waals surface area (Å²) < 4.78 is 28.8. The van der Waals surface area contributed by atoms with Crippen molar-refractivity contribution in [3.63, 3.8) is 0 Å². The highest BCUT2D eigenvalue weighted by atomic mass is 35.5. The second-order valence-corrected chi connectivity index (χ2v) is 12.4. The van der Waals surface area contributed by atoms with E-state index in [1.54, 1.807) is 25.1 Å². The Morgan fingerprint density at radius 1 is 0.950 bits per heavy atom. The number of anilines is 1. The molecule has 10 heteroatoms. The summed E-state index contributed by atoms with van der Waals surface area (Å²) in [6.45, 7) is 6.97. The van der Waals surface area contributed by atoms with Crippen molar-refractivity contribution in [1.29, 1.82) is 0 Å². The van der Waals surface area contributed by atoms with Crippen LogP contribution < -0.4 is 9.62 Å². The Balaban J connectivity index is 2.01. The summed E-state index contributed by atoms with van der Waals surface area (Å²) in [7, 11) is -4.23. The zero-order valence-corrected chi connectivity index (χ0v) is 25.4. The third-order valence-corrected chi connectivity index (χ3v) is 9.05. The number of nitrogens with zero attached hydrogens (tertiary/aromatic N) is 2. The molecule has 0 aromatic heterocycles. The zero-order chi connectivity index (χ0) is 29.4. The number of sulfonamides is 1. The molecule has 0 saturated carbocycles. The van der Waals surface area contributed by atoms with Gasteiger partial charge in [0.2, 0.25) is 11.8 Å². The first-order chi connectivity index (χ1) is 18.9. The van der Waals surface area contributed by atoms with E-state index in [-0.39, 0.29) is 39.1 Å². The number of carbonyl (C=O) groups is 2. The Bertz CT molecular complexity index is 1420. The summed E-state index contributed by atoms with van der Waals surface area (Å²) in [5.74, 6) is -0.862. The molecule has 3 rings (SSSR count). The Hall–Kier alpha value is -3.07. The fourth-order valence-corrected chi connectivity index (χ4v) is 5.92. The van der Waals surface area contributed by atoms with Crippen molar-refractivity contribution in [2.24, 2.45) is 0 Å². The molecule has 3 aromatic rings. The van der Waals surface area contributed by atoms with Gasteiger partial charge in [0.15, 0.2) is 0 Å². The van der Waals surface area contributed by atoms with Crippen LogP contribution in [-0.2, 0) is 26.0 Å². The fourth-order valence-electron chi connectivity index (χ4n) is 4.06. The molecule has 1 N–H and O–H groups in total. The predicted molar refractivity (Wildman–Crippen MR) is 161 cm³/mol. The first kappa shape index (κ1) is 31.5. The van der Waals surface area contributed by atoms with Gasteiger partial charge in [-0.15, -0.1) is 0 Å². The summed E-state index contributed by atoms with van der Waals surface area (Å²) in [4.78, 5) is 28.5. The maximum atomic E-state index is 13.9. The lowest BCUT2D eigenvalue weighted by molar-refractivity contribution is -0.139. The van der Waals surface area contributed by atoms with Crippen molar-refractivity contribution in [3.05, 3.63) is 94.0 Å². The van der Waals surface area contributed by atoms with E-state index in [0.717, 1.165) is 21.9 Å². The number of hydrogen-bond acceptors (Lipinski definition) is 4. The van der Waals surface area contributed by atoms with Crippen LogP contribution in [0.4, 0.5) is 5.69 Å². The Morgan fingerprint density at radius 3 is 2.23 bits per heavy atom. The van der Waals surface area contributed by atoms with E-state index in [1.165, 1.54) is 29.2 Å². The SMILES string of the molecule is CC[C@H](C)NC(=O)[C@@H](C)N(CCc1ccccc1)C(=O)CN(c1cc(Cl)ccc1Cl)S(=O)(=O)c1ccc(C)cc1. The van der Waals surface area contributed by atoms with E-state index in [0.29, 0.717) is 6.42 Å². The lowest BCUT2D eigenvalue weighted by atomic mass is 10.1. The molecule has 214 valence electrons. The third-order valence-electron chi connectivity index (χ3n) is 6.72. The molecular weight excluding hydrogens is 569 g/mol. The number of aryl methyl sites for hydroxylation is 1. The topological polar surface area (TPSA) is 86.8 Å². The number of amides is 2. The fraction of sp³-hybridized carbons (Fsp3) is 0.333. The quantitative estimate of drug-likeness (QED) is 0.280. The molecule has 0 aliphatic heterocycles. The minimum atomic E-state index is -4.23. The molecule has 3 aromatic carbocycles. The number of nitrogens with one attached hydrogen (secondary N) is 1. The largest absolute Gasteiger partial charge is 0.352 e. The van der Waals surface area contributed by atoms with Gasteiger partial charge in [-0.1, -0.05) is 78.2 Å². The van der Waals surface area contributed by atoms with Crippen LogP contribution in [0.25, 0.3) is 0 Å². The summed E-state index contributed by atoms with van der Waals surface area (Å²) in [5.41, 5.74) is 1.94. The molecule has 7 nitrogen and oxygen atoms in total. The molecule has 0 unspecified atom stereocenters. The predicted octanol–water partition coefficient (Wildman–Crippen LogP) is 5.87. The monoisotopic (exact) mass is 603 g/mol. The van der Waals surface area contributed by atoms with Gasteiger partial charge >= 0.3 is 0 Å². The maximum absolute atomic E-state index is 13.9. The van der Waals surface area contributed by atoms with Crippen LogP contribution in [0, 0.1) is 6.92 Å². The number of benzene rings is 3. The van der Waals surface area contributed by atoms with Crippen LogP contribution in [0.1, 0.15) is 38.3 Å². The van der Waals surface area contributed by atoms with E-state index in [1.807, 2.05) is 51.1 Å². The van der Waals surface area contributed by atoms with Gasteiger partial charge in [-0.05, 0) is 69.5 Å². The summed E-state index contributed by atoms with van der Waals surface area (Å²) in [6, 6.07) is 19.4. The normalized spacial score (nSPS) is 12.8. The van der Waals surface area contributed by atoms with Crippen molar-refractivity contribution in [3.8, 4) is 0 Å². The highest BCUT2D eigenvalue weighted by molar-refractivity contribution is 7.92. The molecule has 2 amide bonds. The van der Waals surface area contributed by atoms with Crippen LogP contribution in [0.3, 0.4) is 0 Å². The third kappa shape index (κ3) is 7.99. The minimum Gasteiger partial charge on any atom is -0.352 e. The molecular formula is C30H35Cl2N3O4S. The van der Waals surface area contributed by atoms with Crippen LogP contribution >= 0.6 is 23.2 Å². The molecule has 0 bridgehead atoms. The Kier molecular flexibility index (Phi) is 11.0. The van der Waals surface area contributed by atoms with Gasteiger partial charge in [-0.2, -0.15) is 0 Å². The second kappa shape index (κ2) is 14.0. The van der Waals surface area contributed by atoms with Crippen molar-refractivity contribution in [2.45, 2.75) is 57.5 Å². The van der Waals surface area contributed by atoms with E-state index in [2.05, 4.69) is 5.32 Å². The first-order valence-corrected chi connectivity index (χ1v) is 15.3.